The topological polar surface area (TPSA) is 15.8 Å². The summed E-state index contributed by atoms with van der Waals surface area (Å²) in [4.78, 5) is 3.53. The fourth-order valence-corrected chi connectivity index (χ4v) is 2.66. The maximum absolute atomic E-state index is 3.53. The van der Waals surface area contributed by atoms with E-state index in [1.165, 1.54) is 27.4 Å². The number of aromatic amines is 1. The Labute approximate surface area is 129 Å². The fourth-order valence-electron chi connectivity index (χ4n) is 2.66. The first-order chi connectivity index (χ1) is 9.43. The maximum atomic E-state index is 3.53. The van der Waals surface area contributed by atoms with Crippen LogP contribution in [0.3, 0.4) is 0 Å². The molecule has 0 amide bonds. The van der Waals surface area contributed by atoms with Crippen LogP contribution in [0.1, 0.15) is 0 Å². The second-order valence-corrected chi connectivity index (χ2v) is 4.67. The number of para-hydroxylation sites is 2. The predicted octanol–water partition coefficient (Wildman–Crippen LogP) is 1.79. The first-order valence-corrected chi connectivity index (χ1v) is 6.40. The zero-order valence-corrected chi connectivity index (χ0v) is 11.4. The van der Waals surface area contributed by atoms with Crippen LogP contribution in [0.4, 0.5) is 0 Å². The van der Waals surface area contributed by atoms with Crippen molar-refractivity contribution in [3.05, 3.63) is 72.8 Å². The van der Waals surface area contributed by atoms with Crippen molar-refractivity contribution in [1.29, 1.82) is 0 Å². The number of hydrogen-bond donors (Lipinski definition) is 1. The van der Waals surface area contributed by atoms with E-state index in [0.717, 1.165) is 5.56 Å². The van der Waals surface area contributed by atoms with Gasteiger partial charge in [-0.05, 0) is 11.5 Å². The van der Waals surface area contributed by atoms with Gasteiger partial charge in [0, 0.05) is 16.4 Å². The van der Waals surface area contributed by atoms with E-state index in [1.807, 2.05) is 18.2 Å². The standard InChI is InChI=1S/C18H12N.Li/c1-2-7-13(8-3-1)14-10-6-11-16-15-9-4-5-12-17(15)19-18(14)16;/h1-7,9-12,19H;/q-1;+1. The van der Waals surface area contributed by atoms with Crippen molar-refractivity contribution in [2.45, 2.75) is 0 Å². The Morgan fingerprint density at radius 1 is 0.750 bits per heavy atom. The second kappa shape index (κ2) is 5.21. The van der Waals surface area contributed by atoms with Crippen LogP contribution in [-0.4, -0.2) is 4.98 Å². The third-order valence-corrected chi connectivity index (χ3v) is 3.54. The van der Waals surface area contributed by atoms with E-state index in [1.54, 1.807) is 0 Å². The monoisotopic (exact) mass is 249 g/mol. The molecule has 0 saturated carbocycles. The van der Waals surface area contributed by atoms with Crippen molar-refractivity contribution in [3.63, 3.8) is 0 Å². The molecular weight excluding hydrogens is 237 g/mol. The van der Waals surface area contributed by atoms with Crippen molar-refractivity contribution in [1.82, 2.24) is 4.98 Å². The summed E-state index contributed by atoms with van der Waals surface area (Å²) in [5.41, 5.74) is 4.70. The largest absolute Gasteiger partial charge is 1.00 e. The summed E-state index contributed by atoms with van der Waals surface area (Å²) in [7, 11) is 0. The number of H-pyrrole nitrogens is 1. The molecule has 4 rings (SSSR count). The average Bonchev–Trinajstić information content (AvgIpc) is 2.87. The molecule has 1 heterocycles. The summed E-state index contributed by atoms with van der Waals surface area (Å²) < 4.78 is 0. The van der Waals surface area contributed by atoms with Crippen LogP contribution in [0.25, 0.3) is 32.9 Å². The molecule has 2 heteroatoms. The molecule has 0 unspecified atom stereocenters. The molecule has 0 aliphatic rings. The Kier molecular flexibility index (Phi) is 3.40. The minimum atomic E-state index is 0. The van der Waals surface area contributed by atoms with Gasteiger partial charge in [0.15, 0.2) is 0 Å². The first kappa shape index (κ1) is 13.1. The molecule has 0 spiro atoms. The molecule has 0 radical (unpaired) electrons. The quantitative estimate of drug-likeness (QED) is 0.391. The molecule has 1 N–H and O–H groups in total. The molecule has 1 aromatic heterocycles. The van der Waals surface area contributed by atoms with Crippen molar-refractivity contribution in [3.8, 4) is 11.1 Å². The summed E-state index contributed by atoms with van der Waals surface area (Å²) in [5, 5.41) is 2.54. The Bertz CT molecular complexity index is 862. The zero-order chi connectivity index (χ0) is 12.7. The summed E-state index contributed by atoms with van der Waals surface area (Å²) >= 11 is 0. The zero-order valence-electron chi connectivity index (χ0n) is 11.4. The number of benzene rings is 3. The first-order valence-electron chi connectivity index (χ1n) is 6.40. The van der Waals surface area contributed by atoms with E-state index in [2.05, 4.69) is 59.6 Å². The SMILES string of the molecule is [Li+].[c-]1ccccc1-c1cccc2c1[nH]c1ccccc12. The summed E-state index contributed by atoms with van der Waals surface area (Å²) in [6, 6.07) is 26.2. The Morgan fingerprint density at radius 3 is 2.40 bits per heavy atom. The molecule has 0 atom stereocenters. The molecule has 0 fully saturated rings. The van der Waals surface area contributed by atoms with E-state index in [4.69, 9.17) is 0 Å². The summed E-state index contributed by atoms with van der Waals surface area (Å²) in [6.07, 6.45) is 0. The molecule has 0 aliphatic carbocycles. The van der Waals surface area contributed by atoms with Gasteiger partial charge in [-0.3, -0.25) is 0 Å². The number of nitrogens with one attached hydrogen (secondary N) is 1. The van der Waals surface area contributed by atoms with Crippen LogP contribution in [0.5, 0.6) is 0 Å². The van der Waals surface area contributed by atoms with Gasteiger partial charge in [-0.1, -0.05) is 42.0 Å². The Hall–Kier alpha value is -1.94. The predicted molar refractivity (Wildman–Crippen MR) is 80.1 cm³/mol. The Balaban J connectivity index is 0.00000121. The van der Waals surface area contributed by atoms with Gasteiger partial charge >= 0.3 is 18.9 Å². The minimum absolute atomic E-state index is 0. The molecule has 0 aliphatic heterocycles. The normalized spacial score (nSPS) is 10.6. The minimum Gasteiger partial charge on any atom is -0.362 e. The molecule has 3 aromatic carbocycles. The molecule has 1 nitrogen and oxygen atoms in total. The van der Waals surface area contributed by atoms with Crippen LogP contribution in [0, 0.1) is 6.07 Å². The Morgan fingerprint density at radius 2 is 1.55 bits per heavy atom. The van der Waals surface area contributed by atoms with Gasteiger partial charge in [0.1, 0.15) is 0 Å². The van der Waals surface area contributed by atoms with E-state index < -0.39 is 0 Å². The number of hydrogen-bond acceptors (Lipinski definition) is 0. The fraction of sp³-hybridized carbons (Fsp3) is 0. The number of aromatic nitrogens is 1. The van der Waals surface area contributed by atoms with Gasteiger partial charge < -0.3 is 4.98 Å². The van der Waals surface area contributed by atoms with Gasteiger partial charge in [-0.15, -0.1) is 35.9 Å². The van der Waals surface area contributed by atoms with Crippen molar-refractivity contribution >= 4 is 21.8 Å². The molecule has 0 bridgehead atoms. The molecular formula is C18H12LiN. The molecule has 90 valence electrons. The smallest absolute Gasteiger partial charge is 0.362 e. The van der Waals surface area contributed by atoms with Crippen molar-refractivity contribution in [2.24, 2.45) is 0 Å². The average molecular weight is 249 g/mol. The third kappa shape index (κ3) is 1.96. The van der Waals surface area contributed by atoms with E-state index in [-0.39, 0.29) is 18.9 Å². The van der Waals surface area contributed by atoms with Gasteiger partial charge in [-0.2, -0.15) is 0 Å². The number of fused-ring (bicyclic) bond motifs is 3. The van der Waals surface area contributed by atoms with Crippen molar-refractivity contribution < 1.29 is 18.9 Å². The van der Waals surface area contributed by atoms with Gasteiger partial charge in [0.2, 0.25) is 0 Å². The van der Waals surface area contributed by atoms with E-state index >= 15 is 0 Å². The molecule has 0 saturated heterocycles. The van der Waals surface area contributed by atoms with E-state index in [9.17, 15) is 0 Å². The van der Waals surface area contributed by atoms with Crippen LogP contribution < -0.4 is 18.9 Å². The molecule has 20 heavy (non-hydrogen) atoms. The van der Waals surface area contributed by atoms with Gasteiger partial charge in [0.05, 0.1) is 0 Å². The second-order valence-electron chi connectivity index (χ2n) is 4.67. The van der Waals surface area contributed by atoms with Crippen LogP contribution >= 0.6 is 0 Å². The number of rotatable bonds is 1. The molecule has 4 aromatic rings. The van der Waals surface area contributed by atoms with Gasteiger partial charge in [-0.25, -0.2) is 0 Å². The third-order valence-electron chi connectivity index (χ3n) is 3.54. The van der Waals surface area contributed by atoms with Crippen LogP contribution in [0.15, 0.2) is 66.7 Å². The summed E-state index contributed by atoms with van der Waals surface area (Å²) in [6.45, 7) is 0. The maximum Gasteiger partial charge on any atom is 1.00 e. The van der Waals surface area contributed by atoms with Crippen LogP contribution in [-0.2, 0) is 0 Å². The van der Waals surface area contributed by atoms with Crippen molar-refractivity contribution in [2.75, 3.05) is 0 Å². The van der Waals surface area contributed by atoms with E-state index in [0.29, 0.717) is 0 Å². The van der Waals surface area contributed by atoms with Gasteiger partial charge in [0.25, 0.3) is 0 Å². The van der Waals surface area contributed by atoms with Crippen LogP contribution in [0.2, 0.25) is 0 Å². The summed E-state index contributed by atoms with van der Waals surface area (Å²) in [5.74, 6) is 0.